The van der Waals surface area contributed by atoms with Crippen molar-refractivity contribution in [2.45, 2.75) is 32.6 Å². The number of hydrogen-bond acceptors (Lipinski definition) is 2. The van der Waals surface area contributed by atoms with Crippen LogP contribution in [0.15, 0.2) is 24.3 Å². The van der Waals surface area contributed by atoms with E-state index in [1.807, 2.05) is 0 Å². The van der Waals surface area contributed by atoms with Crippen LogP contribution in [0.3, 0.4) is 0 Å². The van der Waals surface area contributed by atoms with E-state index in [1.165, 1.54) is 18.4 Å². The maximum atomic E-state index is 5.21. The molecule has 0 saturated heterocycles. The monoisotopic (exact) mass is 247 g/mol. The van der Waals surface area contributed by atoms with Gasteiger partial charge in [-0.05, 0) is 61.4 Å². The number of methoxy groups -OCH3 is 1. The summed E-state index contributed by atoms with van der Waals surface area (Å²) in [6, 6.07) is 8.59. The number of hydrogen-bond donors (Lipinski definition) is 1. The molecule has 2 atom stereocenters. The molecule has 1 aromatic carbocycles. The van der Waals surface area contributed by atoms with Crippen LogP contribution in [0, 0.1) is 11.8 Å². The van der Waals surface area contributed by atoms with Crippen LogP contribution in [0.5, 0.6) is 5.75 Å². The molecule has 2 heteroatoms. The Balaban J connectivity index is 1.85. The van der Waals surface area contributed by atoms with Crippen molar-refractivity contribution in [2.24, 2.45) is 11.8 Å². The van der Waals surface area contributed by atoms with Crippen molar-refractivity contribution in [1.82, 2.24) is 5.32 Å². The molecule has 2 rings (SSSR count). The molecule has 1 fully saturated rings. The van der Waals surface area contributed by atoms with Crippen LogP contribution in [0.1, 0.15) is 38.2 Å². The highest BCUT2D eigenvalue weighted by atomic mass is 16.5. The Bertz CT molecular complexity index is 358. The molecule has 2 unspecified atom stereocenters. The van der Waals surface area contributed by atoms with Gasteiger partial charge in [-0.1, -0.05) is 26.0 Å². The van der Waals surface area contributed by atoms with Crippen LogP contribution in [0.25, 0.3) is 0 Å². The Morgan fingerprint density at radius 2 is 1.94 bits per heavy atom. The summed E-state index contributed by atoms with van der Waals surface area (Å²) < 4.78 is 5.21. The molecule has 0 aliphatic heterocycles. The fraction of sp³-hybridized carbons (Fsp3) is 0.625. The lowest BCUT2D eigenvalue weighted by Gasteiger charge is -2.37. The molecule has 0 amide bonds. The van der Waals surface area contributed by atoms with Gasteiger partial charge in [0.25, 0.3) is 0 Å². The summed E-state index contributed by atoms with van der Waals surface area (Å²) in [7, 11) is 1.72. The third-order valence-corrected chi connectivity index (χ3v) is 3.92. The molecule has 18 heavy (non-hydrogen) atoms. The van der Waals surface area contributed by atoms with Crippen molar-refractivity contribution in [1.29, 1.82) is 0 Å². The third kappa shape index (κ3) is 3.26. The van der Waals surface area contributed by atoms with Gasteiger partial charge in [0.15, 0.2) is 0 Å². The summed E-state index contributed by atoms with van der Waals surface area (Å²) in [5.41, 5.74) is 1.47. The highest BCUT2D eigenvalue weighted by molar-refractivity contribution is 5.30. The van der Waals surface area contributed by atoms with E-state index < -0.39 is 0 Å². The Morgan fingerprint density at radius 3 is 2.44 bits per heavy atom. The van der Waals surface area contributed by atoms with E-state index >= 15 is 0 Å². The van der Waals surface area contributed by atoms with E-state index in [4.69, 9.17) is 4.74 Å². The van der Waals surface area contributed by atoms with Gasteiger partial charge in [-0.15, -0.1) is 0 Å². The van der Waals surface area contributed by atoms with Gasteiger partial charge in [0.2, 0.25) is 0 Å². The number of nitrogens with one attached hydrogen (secondary N) is 1. The molecule has 0 radical (unpaired) electrons. The van der Waals surface area contributed by atoms with E-state index in [1.54, 1.807) is 7.11 Å². The SMILES string of the molecule is COc1ccc(C2CCC2CNCC(C)C)cc1. The zero-order valence-corrected chi connectivity index (χ0v) is 11.8. The maximum Gasteiger partial charge on any atom is 0.118 e. The van der Waals surface area contributed by atoms with Crippen LogP contribution in [-0.4, -0.2) is 20.2 Å². The average Bonchev–Trinajstić information content (AvgIpc) is 2.34. The summed E-state index contributed by atoms with van der Waals surface area (Å²) in [6.45, 7) is 6.81. The van der Waals surface area contributed by atoms with E-state index in [2.05, 4.69) is 43.4 Å². The van der Waals surface area contributed by atoms with Gasteiger partial charge < -0.3 is 10.1 Å². The van der Waals surface area contributed by atoms with E-state index in [0.29, 0.717) is 0 Å². The molecule has 1 saturated carbocycles. The Morgan fingerprint density at radius 1 is 1.22 bits per heavy atom. The zero-order chi connectivity index (χ0) is 13.0. The van der Waals surface area contributed by atoms with Gasteiger partial charge in [-0.2, -0.15) is 0 Å². The molecule has 1 aliphatic carbocycles. The molecule has 0 aromatic heterocycles. The molecular weight excluding hydrogens is 222 g/mol. The van der Waals surface area contributed by atoms with Crippen LogP contribution in [0.2, 0.25) is 0 Å². The predicted molar refractivity (Wildman–Crippen MR) is 76.2 cm³/mol. The Kier molecular flexibility index (Phi) is 4.65. The van der Waals surface area contributed by atoms with Gasteiger partial charge >= 0.3 is 0 Å². The fourth-order valence-electron chi connectivity index (χ4n) is 2.66. The second-order valence-electron chi connectivity index (χ2n) is 5.77. The van der Waals surface area contributed by atoms with Crippen LogP contribution < -0.4 is 10.1 Å². The third-order valence-electron chi connectivity index (χ3n) is 3.92. The normalized spacial score (nSPS) is 22.9. The minimum atomic E-state index is 0.740. The van der Waals surface area contributed by atoms with Gasteiger partial charge in [-0.25, -0.2) is 0 Å². The predicted octanol–water partition coefficient (Wildman–Crippen LogP) is 3.43. The van der Waals surface area contributed by atoms with Crippen molar-refractivity contribution in [3.63, 3.8) is 0 Å². The molecule has 2 nitrogen and oxygen atoms in total. The van der Waals surface area contributed by atoms with Gasteiger partial charge in [0, 0.05) is 0 Å². The first-order valence-electron chi connectivity index (χ1n) is 7.05. The van der Waals surface area contributed by atoms with E-state index in [0.717, 1.165) is 36.6 Å². The van der Waals surface area contributed by atoms with Crippen LogP contribution in [-0.2, 0) is 0 Å². The average molecular weight is 247 g/mol. The molecule has 1 aliphatic rings. The molecular formula is C16H25NO. The second-order valence-corrected chi connectivity index (χ2v) is 5.77. The number of ether oxygens (including phenoxy) is 1. The van der Waals surface area contributed by atoms with Gasteiger partial charge in [0.1, 0.15) is 5.75 Å². The van der Waals surface area contributed by atoms with Crippen molar-refractivity contribution < 1.29 is 4.74 Å². The Labute approximate surface area is 111 Å². The van der Waals surface area contributed by atoms with Crippen LogP contribution >= 0.6 is 0 Å². The second kappa shape index (κ2) is 6.24. The van der Waals surface area contributed by atoms with Crippen LogP contribution in [0.4, 0.5) is 0 Å². The van der Waals surface area contributed by atoms with E-state index in [-0.39, 0.29) is 0 Å². The Hall–Kier alpha value is -1.02. The smallest absolute Gasteiger partial charge is 0.118 e. The first-order chi connectivity index (χ1) is 8.70. The summed E-state index contributed by atoms with van der Waals surface area (Å²) >= 11 is 0. The minimum absolute atomic E-state index is 0.740. The minimum Gasteiger partial charge on any atom is -0.497 e. The van der Waals surface area contributed by atoms with E-state index in [9.17, 15) is 0 Å². The van der Waals surface area contributed by atoms with Crippen molar-refractivity contribution in [2.75, 3.05) is 20.2 Å². The molecule has 1 aromatic rings. The topological polar surface area (TPSA) is 21.3 Å². The number of rotatable bonds is 6. The molecule has 0 heterocycles. The first kappa shape index (κ1) is 13.4. The summed E-state index contributed by atoms with van der Waals surface area (Å²) in [5.74, 6) is 3.25. The molecule has 0 bridgehead atoms. The standard InChI is InChI=1S/C16H25NO/c1-12(2)10-17-11-14-6-9-16(14)13-4-7-15(18-3)8-5-13/h4-5,7-8,12,14,16-17H,6,9-11H2,1-3H3. The fourth-order valence-corrected chi connectivity index (χ4v) is 2.66. The largest absolute Gasteiger partial charge is 0.497 e. The molecule has 1 N–H and O–H groups in total. The zero-order valence-electron chi connectivity index (χ0n) is 11.8. The lowest BCUT2D eigenvalue weighted by atomic mass is 9.70. The summed E-state index contributed by atoms with van der Waals surface area (Å²) in [5, 5.41) is 3.58. The van der Waals surface area contributed by atoms with Gasteiger partial charge in [0.05, 0.1) is 7.11 Å². The first-order valence-corrected chi connectivity index (χ1v) is 7.05. The lowest BCUT2D eigenvalue weighted by Crippen LogP contribution is -2.35. The maximum absolute atomic E-state index is 5.21. The summed E-state index contributed by atoms with van der Waals surface area (Å²) in [4.78, 5) is 0. The highest BCUT2D eigenvalue weighted by Gasteiger charge is 2.31. The van der Waals surface area contributed by atoms with Crippen molar-refractivity contribution in [3.05, 3.63) is 29.8 Å². The number of benzene rings is 1. The highest BCUT2D eigenvalue weighted by Crippen LogP contribution is 2.42. The van der Waals surface area contributed by atoms with Crippen molar-refractivity contribution in [3.8, 4) is 5.75 Å². The lowest BCUT2D eigenvalue weighted by molar-refractivity contribution is 0.243. The summed E-state index contributed by atoms with van der Waals surface area (Å²) in [6.07, 6.45) is 2.70. The molecule has 0 spiro atoms. The van der Waals surface area contributed by atoms with Gasteiger partial charge in [-0.3, -0.25) is 0 Å². The van der Waals surface area contributed by atoms with Crippen molar-refractivity contribution >= 4 is 0 Å². The molecule has 100 valence electrons. The quantitative estimate of drug-likeness (QED) is 0.831.